The molecule has 2 rings (SSSR count). The Hall–Kier alpha value is -0.120. The average Bonchev–Trinajstić information content (AvgIpc) is 2.42. The lowest BCUT2D eigenvalue weighted by Crippen LogP contribution is -2.35. The molecule has 1 heterocycles. The van der Waals surface area contributed by atoms with Gasteiger partial charge in [-0.3, -0.25) is 0 Å². The Balaban J connectivity index is 1.92. The van der Waals surface area contributed by atoms with Gasteiger partial charge in [0.1, 0.15) is 0 Å². The summed E-state index contributed by atoms with van der Waals surface area (Å²) in [6.45, 7) is 8.98. The topological polar surface area (TPSA) is 20.2 Å². The first-order chi connectivity index (χ1) is 9.47. The van der Waals surface area contributed by atoms with E-state index in [1.54, 1.807) is 0 Å². The maximum atomic E-state index is 10.5. The van der Waals surface area contributed by atoms with Crippen molar-refractivity contribution in [1.82, 2.24) is 0 Å². The molecule has 0 aromatic heterocycles. The lowest BCUT2D eigenvalue weighted by Gasteiger charge is -2.33. The van der Waals surface area contributed by atoms with E-state index in [2.05, 4.69) is 52.0 Å². The van der Waals surface area contributed by atoms with Crippen LogP contribution in [-0.2, 0) is 6.42 Å². The van der Waals surface area contributed by atoms with Gasteiger partial charge in [-0.15, -0.1) is 0 Å². The molecule has 1 aromatic rings. The third kappa shape index (κ3) is 4.19. The van der Waals surface area contributed by atoms with Gasteiger partial charge in [0, 0.05) is 21.5 Å². The number of rotatable bonds is 4. The van der Waals surface area contributed by atoms with E-state index in [4.69, 9.17) is 0 Å². The van der Waals surface area contributed by atoms with Gasteiger partial charge >= 0.3 is 0 Å². The minimum Gasteiger partial charge on any atom is -0.392 e. The molecule has 112 valence electrons. The zero-order chi connectivity index (χ0) is 14.7. The molecular formula is C17H26OS2. The molecule has 0 saturated carbocycles. The molecule has 1 fully saturated rings. The molecular weight excluding hydrogens is 284 g/mol. The Labute approximate surface area is 131 Å². The summed E-state index contributed by atoms with van der Waals surface area (Å²) in [6.07, 6.45) is 0.546. The van der Waals surface area contributed by atoms with E-state index >= 15 is 0 Å². The standard InChI is InChI=1S/C17H26OS2/c1-11(2)15-7-5-14(6-8-15)9-16(18)17-10-19-12(3)13(4)20-17/h5-8,11-13,16-18H,9-10H2,1-4H3. The number of thioether (sulfide) groups is 2. The fourth-order valence-corrected chi connectivity index (χ4v) is 5.44. The monoisotopic (exact) mass is 310 g/mol. The Morgan fingerprint density at radius 2 is 1.80 bits per heavy atom. The van der Waals surface area contributed by atoms with Crippen molar-refractivity contribution in [3.8, 4) is 0 Å². The maximum absolute atomic E-state index is 10.5. The molecule has 0 radical (unpaired) electrons. The number of hydrogen-bond donors (Lipinski definition) is 1. The minimum absolute atomic E-state index is 0.229. The van der Waals surface area contributed by atoms with Gasteiger partial charge in [0.25, 0.3) is 0 Å². The average molecular weight is 311 g/mol. The highest BCUT2D eigenvalue weighted by Gasteiger charge is 2.30. The lowest BCUT2D eigenvalue weighted by molar-refractivity contribution is 0.177. The van der Waals surface area contributed by atoms with E-state index in [-0.39, 0.29) is 6.10 Å². The first-order valence-corrected chi connectivity index (χ1v) is 9.50. The number of aliphatic hydroxyl groups excluding tert-OH is 1. The highest BCUT2D eigenvalue weighted by molar-refractivity contribution is 8.07. The van der Waals surface area contributed by atoms with E-state index in [1.165, 1.54) is 11.1 Å². The van der Waals surface area contributed by atoms with Gasteiger partial charge in [0.15, 0.2) is 0 Å². The van der Waals surface area contributed by atoms with Gasteiger partial charge in [-0.2, -0.15) is 23.5 Å². The smallest absolute Gasteiger partial charge is 0.0707 e. The Morgan fingerprint density at radius 1 is 1.15 bits per heavy atom. The van der Waals surface area contributed by atoms with Crippen LogP contribution in [0.5, 0.6) is 0 Å². The molecule has 20 heavy (non-hydrogen) atoms. The Kier molecular flexibility index (Phi) is 5.88. The summed E-state index contributed by atoms with van der Waals surface area (Å²) in [5.41, 5.74) is 2.62. The summed E-state index contributed by atoms with van der Waals surface area (Å²) in [6, 6.07) is 8.73. The summed E-state index contributed by atoms with van der Waals surface area (Å²) in [5, 5.41) is 12.2. The molecule has 1 aliphatic rings. The fourth-order valence-electron chi connectivity index (χ4n) is 2.42. The SMILES string of the molecule is CC(C)c1ccc(CC(O)C2CSC(C)C(C)S2)cc1. The highest BCUT2D eigenvalue weighted by Crippen LogP contribution is 2.37. The molecule has 4 unspecified atom stereocenters. The van der Waals surface area contributed by atoms with Crippen LogP contribution in [0.2, 0.25) is 0 Å². The van der Waals surface area contributed by atoms with Crippen LogP contribution < -0.4 is 0 Å². The van der Waals surface area contributed by atoms with E-state index in [0.29, 0.717) is 21.7 Å². The predicted octanol–water partition coefficient (Wildman–Crippen LogP) is 4.34. The van der Waals surface area contributed by atoms with Gasteiger partial charge in [-0.1, -0.05) is 52.0 Å². The Bertz CT molecular complexity index is 416. The molecule has 0 spiro atoms. The van der Waals surface area contributed by atoms with Crippen LogP contribution in [0.25, 0.3) is 0 Å². The normalized spacial score (nSPS) is 28.6. The number of benzene rings is 1. The van der Waals surface area contributed by atoms with Crippen LogP contribution in [0.3, 0.4) is 0 Å². The summed E-state index contributed by atoms with van der Waals surface area (Å²) >= 11 is 3.96. The van der Waals surface area contributed by atoms with Crippen molar-refractivity contribution in [3.05, 3.63) is 35.4 Å². The van der Waals surface area contributed by atoms with Crippen LogP contribution in [0.15, 0.2) is 24.3 Å². The summed E-state index contributed by atoms with van der Waals surface area (Å²) in [4.78, 5) is 0. The summed E-state index contributed by atoms with van der Waals surface area (Å²) < 4.78 is 0. The molecule has 1 N–H and O–H groups in total. The summed E-state index contributed by atoms with van der Waals surface area (Å²) in [7, 11) is 0. The largest absolute Gasteiger partial charge is 0.392 e. The second kappa shape index (κ2) is 7.24. The molecule has 0 bridgehead atoms. The van der Waals surface area contributed by atoms with Gasteiger partial charge in [0.05, 0.1) is 6.10 Å². The van der Waals surface area contributed by atoms with Crippen LogP contribution in [0.4, 0.5) is 0 Å². The van der Waals surface area contributed by atoms with E-state index in [0.717, 1.165) is 12.2 Å². The highest BCUT2D eigenvalue weighted by atomic mass is 32.2. The first kappa shape index (κ1) is 16.3. The molecule has 4 atom stereocenters. The third-order valence-electron chi connectivity index (χ3n) is 4.09. The van der Waals surface area contributed by atoms with Crippen molar-refractivity contribution < 1.29 is 5.11 Å². The van der Waals surface area contributed by atoms with Crippen molar-refractivity contribution in [2.24, 2.45) is 0 Å². The molecule has 1 nitrogen and oxygen atoms in total. The molecule has 0 amide bonds. The quantitative estimate of drug-likeness (QED) is 0.893. The third-order valence-corrected chi connectivity index (χ3v) is 7.63. The van der Waals surface area contributed by atoms with Gasteiger partial charge in [0.2, 0.25) is 0 Å². The molecule has 3 heteroatoms. The van der Waals surface area contributed by atoms with Crippen molar-refractivity contribution in [2.75, 3.05) is 5.75 Å². The van der Waals surface area contributed by atoms with Gasteiger partial charge in [-0.25, -0.2) is 0 Å². The van der Waals surface area contributed by atoms with Crippen LogP contribution >= 0.6 is 23.5 Å². The van der Waals surface area contributed by atoms with Crippen molar-refractivity contribution >= 4 is 23.5 Å². The lowest BCUT2D eigenvalue weighted by atomic mass is 9.99. The van der Waals surface area contributed by atoms with Crippen LogP contribution in [0.1, 0.15) is 44.7 Å². The summed E-state index contributed by atoms with van der Waals surface area (Å²) in [5.74, 6) is 1.64. The van der Waals surface area contributed by atoms with E-state index in [1.807, 2.05) is 23.5 Å². The van der Waals surface area contributed by atoms with Crippen LogP contribution in [-0.4, -0.2) is 32.7 Å². The van der Waals surface area contributed by atoms with E-state index in [9.17, 15) is 5.11 Å². The fraction of sp³-hybridized carbons (Fsp3) is 0.647. The number of hydrogen-bond acceptors (Lipinski definition) is 3. The van der Waals surface area contributed by atoms with Crippen molar-refractivity contribution in [2.45, 2.75) is 61.9 Å². The van der Waals surface area contributed by atoms with E-state index < -0.39 is 0 Å². The molecule has 0 aliphatic carbocycles. The van der Waals surface area contributed by atoms with Crippen molar-refractivity contribution in [3.63, 3.8) is 0 Å². The molecule has 1 aromatic carbocycles. The van der Waals surface area contributed by atoms with Crippen LogP contribution in [0, 0.1) is 0 Å². The van der Waals surface area contributed by atoms with Crippen molar-refractivity contribution in [1.29, 1.82) is 0 Å². The van der Waals surface area contributed by atoms with Gasteiger partial charge < -0.3 is 5.11 Å². The predicted molar refractivity (Wildman–Crippen MR) is 93.0 cm³/mol. The van der Waals surface area contributed by atoms with Gasteiger partial charge in [-0.05, 0) is 23.5 Å². The second-order valence-corrected chi connectivity index (χ2v) is 9.12. The maximum Gasteiger partial charge on any atom is 0.0707 e. The number of aliphatic hydroxyl groups is 1. The first-order valence-electron chi connectivity index (χ1n) is 7.51. The zero-order valence-electron chi connectivity index (χ0n) is 12.9. The second-order valence-electron chi connectivity index (χ2n) is 6.09. The minimum atomic E-state index is -0.229. The molecule has 1 saturated heterocycles. The zero-order valence-corrected chi connectivity index (χ0v) is 14.5. The molecule has 1 aliphatic heterocycles. The Morgan fingerprint density at radius 3 is 2.35 bits per heavy atom.